The van der Waals surface area contributed by atoms with Gasteiger partial charge in [0, 0.05) is 61.7 Å². The number of halogens is 6. The van der Waals surface area contributed by atoms with E-state index in [1.54, 1.807) is 0 Å². The summed E-state index contributed by atoms with van der Waals surface area (Å²) in [4.78, 5) is 92.9. The number of ether oxygens (including phenoxy) is 3. The number of esters is 1. The van der Waals surface area contributed by atoms with Crippen LogP contribution in [-0.4, -0.2) is 113 Å². The molecule has 2 saturated heterocycles. The van der Waals surface area contributed by atoms with Gasteiger partial charge in [-0.05, 0) is 88.4 Å². The third kappa shape index (κ3) is 9.15. The first-order valence-electron chi connectivity index (χ1n) is 24.5. The van der Waals surface area contributed by atoms with Gasteiger partial charge in [0.15, 0.2) is 11.3 Å². The van der Waals surface area contributed by atoms with Crippen LogP contribution in [0.5, 0.6) is 0 Å². The molecule has 5 aliphatic rings. The number of nitrogens with zero attached hydrogens (tertiary/aromatic N) is 4. The van der Waals surface area contributed by atoms with Gasteiger partial charge in [0.25, 0.3) is 0 Å². The number of carbonyl (C=O) groups is 5. The van der Waals surface area contributed by atoms with E-state index in [0.717, 1.165) is 7.11 Å². The summed E-state index contributed by atoms with van der Waals surface area (Å²) in [6.07, 6.45) is 7.07. The summed E-state index contributed by atoms with van der Waals surface area (Å²) < 4.78 is 51.2. The maximum atomic E-state index is 17.0. The first kappa shape index (κ1) is 56.0. The Kier molecular flexibility index (Phi) is 14.7. The van der Waals surface area contributed by atoms with Crippen molar-refractivity contribution in [2.45, 2.75) is 112 Å². The Hall–Kier alpha value is -5.71. The number of aromatic nitrogens is 4. The normalized spacial score (nSPS) is 29.3. The zero-order chi connectivity index (χ0) is 55.9. The zero-order valence-electron chi connectivity index (χ0n) is 43.3. The van der Waals surface area contributed by atoms with Crippen LogP contribution in [0.2, 0.25) is 20.6 Å². The summed E-state index contributed by atoms with van der Waals surface area (Å²) in [6, 6.07) is 3.42. The Morgan fingerprint density at radius 2 is 1.14 bits per heavy atom. The van der Waals surface area contributed by atoms with Gasteiger partial charge >= 0.3 is 5.97 Å². The van der Waals surface area contributed by atoms with Gasteiger partial charge in [-0.25, -0.2) is 33.5 Å². The molecule has 2 spiro atoms. The molecule has 18 nitrogen and oxygen atoms in total. The molecular formula is C53H56Cl4F2N10O8. The highest BCUT2D eigenvalue weighted by Gasteiger charge is 2.70. The molecule has 2 aromatic carbocycles. The van der Waals surface area contributed by atoms with Gasteiger partial charge in [0.05, 0.1) is 41.4 Å². The molecule has 4 aliphatic heterocycles. The molecule has 2 fully saturated rings. The molecule has 6 N–H and O–H groups in total. The van der Waals surface area contributed by atoms with Crippen molar-refractivity contribution in [1.82, 2.24) is 41.2 Å². The Balaban J connectivity index is 1.25. The zero-order valence-corrected chi connectivity index (χ0v) is 46.3. The summed E-state index contributed by atoms with van der Waals surface area (Å²) in [7, 11) is 3.74. The number of amides is 4. The Labute approximate surface area is 462 Å². The number of nitrogens with one attached hydrogen (secondary N) is 6. The van der Waals surface area contributed by atoms with Crippen LogP contribution in [0.15, 0.2) is 72.6 Å². The van der Waals surface area contributed by atoms with Gasteiger partial charge in [-0.3, -0.25) is 19.2 Å². The van der Waals surface area contributed by atoms with Crippen LogP contribution < -0.4 is 31.9 Å². The predicted molar refractivity (Wildman–Crippen MR) is 282 cm³/mol. The van der Waals surface area contributed by atoms with E-state index < -0.39 is 117 Å². The fraction of sp³-hybridized carbons (Fsp3) is 0.453. The van der Waals surface area contributed by atoms with Gasteiger partial charge in [-0.15, -0.1) is 0 Å². The highest BCUT2D eigenvalue weighted by atomic mass is 35.5. The van der Waals surface area contributed by atoms with Crippen molar-refractivity contribution >= 4 is 87.6 Å². The summed E-state index contributed by atoms with van der Waals surface area (Å²) >= 11 is 25.6. The third-order valence-electron chi connectivity index (χ3n) is 15.3. The fourth-order valence-corrected chi connectivity index (χ4v) is 13.0. The summed E-state index contributed by atoms with van der Waals surface area (Å²) in [5, 5.41) is 17.5. The van der Waals surface area contributed by atoms with E-state index in [0.29, 0.717) is 0 Å². The SMILES string of the molecule is COCC1(OC)C=C(C(=O)OC)C=CC1(NC(=O)[C@@H]1N[C@@H](CC(C)(C)C)[C@@]2(C(=O)Nc3nc(Cl)ncc32)[C@H]1c1cccc(Cl)c1F)NC(=O)[C@@H]1N[C@@H](CC(C)(C)C)[C@]2(C(=O)Nc3nc(Cl)ncc32)[C@H]1c1cccc(Cl)c1F. The fourth-order valence-electron chi connectivity index (χ4n) is 12.4. The van der Waals surface area contributed by atoms with Crippen LogP contribution in [0.3, 0.4) is 0 Å². The minimum atomic E-state index is -2.34. The van der Waals surface area contributed by atoms with E-state index >= 15 is 28.0 Å². The second kappa shape index (κ2) is 20.2. The van der Waals surface area contributed by atoms with E-state index in [9.17, 15) is 4.79 Å². The first-order chi connectivity index (χ1) is 36.2. The van der Waals surface area contributed by atoms with Crippen molar-refractivity contribution in [2.24, 2.45) is 10.8 Å². The van der Waals surface area contributed by atoms with Crippen LogP contribution >= 0.6 is 46.4 Å². The Morgan fingerprint density at radius 1 is 0.701 bits per heavy atom. The number of fused-ring (bicyclic) bond motifs is 4. The second-order valence-corrected chi connectivity index (χ2v) is 23.8. The molecule has 4 amide bonds. The monoisotopic (exact) mass is 1140 g/mol. The van der Waals surface area contributed by atoms with Gasteiger partial charge < -0.3 is 46.1 Å². The van der Waals surface area contributed by atoms with Gasteiger partial charge in [-0.1, -0.05) is 89.0 Å². The summed E-state index contributed by atoms with van der Waals surface area (Å²) in [5.74, 6) is -8.60. The maximum absolute atomic E-state index is 17.0. The number of carbonyl (C=O) groups excluding carboxylic acids is 5. The van der Waals surface area contributed by atoms with E-state index in [-0.39, 0.29) is 72.9 Å². The number of hydrogen-bond donors (Lipinski definition) is 6. The van der Waals surface area contributed by atoms with Crippen LogP contribution in [-0.2, 0) is 49.0 Å². The van der Waals surface area contributed by atoms with Crippen molar-refractivity contribution in [3.63, 3.8) is 0 Å². The van der Waals surface area contributed by atoms with Crippen LogP contribution in [0.25, 0.3) is 0 Å². The number of anilines is 2. The molecule has 0 bridgehead atoms. The minimum absolute atomic E-state index is 0.0487. The van der Waals surface area contributed by atoms with Crippen LogP contribution in [0.1, 0.15) is 88.5 Å². The molecule has 10 atom stereocenters. The molecule has 77 heavy (non-hydrogen) atoms. The van der Waals surface area contributed by atoms with Crippen LogP contribution in [0, 0.1) is 22.5 Å². The highest BCUT2D eigenvalue weighted by molar-refractivity contribution is 6.31. The van der Waals surface area contributed by atoms with Crippen molar-refractivity contribution in [3.8, 4) is 0 Å². The van der Waals surface area contributed by atoms with Crippen LogP contribution in [0.4, 0.5) is 20.4 Å². The standard InChI is InChI=1S/C53H56Cl4F2N10O8/c1-48(2,3)19-31-52(27-21-60-46(56)66-39(27)64-44(52)73)33(25-12-10-14-29(54)35(25)58)37(62-31)41(70)68-51(17-16-24(43(72)76-8)18-50(51,77-9)23-75-7)69-42(71)38-34(26-13-11-15-30(55)36(26)59)53(32(63-38)20-49(4,5)6)28-22-61-47(57)67-40(28)65-45(53)74/h10-18,21-22,31-34,37-38,62-63H,19-20,23H2,1-9H3,(H,68,70)(H,69,71)(H,60,64,66,73)(H,61,65,67,74)/t31-,32-,33-,34-,37+,38+,50?,51?,52-,53+/m0/s1. The molecule has 0 radical (unpaired) electrons. The minimum Gasteiger partial charge on any atom is -0.465 e. The molecule has 408 valence electrons. The number of hydrogen-bond acceptors (Lipinski definition) is 14. The quantitative estimate of drug-likeness (QED) is 0.0477. The van der Waals surface area contributed by atoms with Crippen molar-refractivity contribution < 1.29 is 47.0 Å². The van der Waals surface area contributed by atoms with Gasteiger partial charge in [-0.2, -0.15) is 0 Å². The smallest absolute Gasteiger partial charge is 0.337 e. The third-order valence-corrected chi connectivity index (χ3v) is 16.3. The lowest BCUT2D eigenvalue weighted by Crippen LogP contribution is -2.76. The second-order valence-electron chi connectivity index (χ2n) is 22.4. The van der Waals surface area contributed by atoms with E-state index in [2.05, 4.69) is 51.8 Å². The summed E-state index contributed by atoms with van der Waals surface area (Å²) in [6.45, 7) is 11.1. The molecule has 4 aromatic rings. The number of methoxy groups -OCH3 is 3. The largest absolute Gasteiger partial charge is 0.465 e. The maximum Gasteiger partial charge on any atom is 0.337 e. The molecule has 1 aliphatic carbocycles. The van der Waals surface area contributed by atoms with Crippen molar-refractivity contribution in [1.29, 1.82) is 0 Å². The average molecular weight is 1140 g/mol. The van der Waals surface area contributed by atoms with E-state index in [1.165, 1.54) is 81.2 Å². The predicted octanol–water partition coefficient (Wildman–Crippen LogP) is 6.99. The summed E-state index contributed by atoms with van der Waals surface area (Å²) in [5.41, 5.74) is -9.06. The molecule has 0 saturated carbocycles. The van der Waals surface area contributed by atoms with Crippen molar-refractivity contribution in [3.05, 3.63) is 127 Å². The molecule has 2 unspecified atom stereocenters. The highest BCUT2D eigenvalue weighted by Crippen LogP contribution is 2.59. The topological polar surface area (TPSA) is 237 Å². The number of benzene rings is 2. The molecule has 6 heterocycles. The lowest BCUT2D eigenvalue weighted by Gasteiger charge is -2.49. The Bertz CT molecular complexity index is 3020. The molecular weight excluding hydrogens is 1080 g/mol. The Morgan fingerprint density at radius 3 is 1.53 bits per heavy atom. The molecule has 2 aromatic heterocycles. The number of rotatable bonds is 12. The van der Waals surface area contributed by atoms with E-state index in [4.69, 9.17) is 60.6 Å². The average Bonchev–Trinajstić information content (AvgIpc) is 4.28. The first-order valence-corrected chi connectivity index (χ1v) is 26.0. The lowest BCUT2D eigenvalue weighted by atomic mass is 9.63. The molecule has 24 heteroatoms. The van der Waals surface area contributed by atoms with E-state index in [1.807, 2.05) is 41.5 Å². The lowest BCUT2D eigenvalue weighted by molar-refractivity contribution is -0.141. The molecule has 9 rings (SSSR count). The van der Waals surface area contributed by atoms with Crippen molar-refractivity contribution in [2.75, 3.05) is 38.6 Å². The van der Waals surface area contributed by atoms with Gasteiger partial charge in [0.1, 0.15) is 34.1 Å². The van der Waals surface area contributed by atoms with Gasteiger partial charge in [0.2, 0.25) is 34.2 Å².